The minimum Gasteiger partial charge on any atom is -0.224 e. The van der Waals surface area contributed by atoms with Crippen molar-refractivity contribution in [3.8, 4) is 0 Å². The van der Waals surface area contributed by atoms with Crippen LogP contribution in [0.4, 0.5) is 0 Å². The third-order valence-corrected chi connectivity index (χ3v) is 4.68. The van der Waals surface area contributed by atoms with E-state index in [1.165, 1.54) is 0 Å². The molecule has 0 aliphatic rings. The van der Waals surface area contributed by atoms with Gasteiger partial charge in [0, 0.05) is 10.8 Å². The van der Waals surface area contributed by atoms with E-state index >= 15 is 0 Å². The van der Waals surface area contributed by atoms with Gasteiger partial charge in [-0.05, 0) is 12.8 Å². The molecule has 0 unspecified atom stereocenters. The summed E-state index contributed by atoms with van der Waals surface area (Å²) in [5.41, 5.74) is 0. The second kappa shape index (κ2) is 5.50. The quantitative estimate of drug-likeness (QED) is 0.697. The molecule has 0 aromatic carbocycles. The number of hydrogen-bond acceptors (Lipinski definition) is 4. The van der Waals surface area contributed by atoms with Gasteiger partial charge >= 0.3 is 0 Å². The molecule has 0 aliphatic carbocycles. The molecule has 0 fully saturated rings. The summed E-state index contributed by atoms with van der Waals surface area (Å²) in [6.45, 7) is 3.46. The van der Waals surface area contributed by atoms with Gasteiger partial charge in [-0.25, -0.2) is 16.8 Å². The van der Waals surface area contributed by atoms with Gasteiger partial charge in [0.1, 0.15) is 0 Å². The van der Waals surface area contributed by atoms with Crippen LogP contribution in [-0.2, 0) is 19.7 Å². The normalized spacial score (nSPS) is 13.6. The highest BCUT2D eigenvalue weighted by Crippen LogP contribution is 2.01. The van der Waals surface area contributed by atoms with Gasteiger partial charge in [-0.15, -0.1) is 0 Å². The molecule has 84 valence electrons. The van der Waals surface area contributed by atoms with E-state index in [4.69, 9.17) is 0 Å². The molecule has 0 saturated heterocycles. The summed E-state index contributed by atoms with van der Waals surface area (Å²) in [6.07, 6.45) is 0.973. The Bertz CT molecular complexity index is 338. The third kappa shape index (κ3) is 6.15. The lowest BCUT2D eigenvalue weighted by molar-refractivity contribution is 0.599. The standard InChI is InChI=1S/C8H16O4S2/c1-3-5-13(9,10)7-8-14(11,12)6-4-2/h7-8H,3-6H2,1-2H3. The molecule has 0 bridgehead atoms. The topological polar surface area (TPSA) is 68.3 Å². The first kappa shape index (κ1) is 13.6. The Morgan fingerprint density at radius 1 is 0.786 bits per heavy atom. The molecule has 0 aromatic heterocycles. The molecule has 14 heavy (non-hydrogen) atoms. The van der Waals surface area contributed by atoms with Crippen molar-refractivity contribution in [2.24, 2.45) is 0 Å². The highest BCUT2D eigenvalue weighted by atomic mass is 32.2. The Hall–Kier alpha value is -0.360. The Kier molecular flexibility index (Phi) is 5.36. The molecule has 6 heteroatoms. The summed E-state index contributed by atoms with van der Waals surface area (Å²) in [6, 6.07) is 0. The fourth-order valence-electron chi connectivity index (χ4n) is 0.874. The highest BCUT2D eigenvalue weighted by Gasteiger charge is 2.08. The Labute approximate surface area is 85.9 Å². The summed E-state index contributed by atoms with van der Waals surface area (Å²) in [4.78, 5) is 0. The Morgan fingerprint density at radius 3 is 1.29 bits per heavy atom. The van der Waals surface area contributed by atoms with Crippen molar-refractivity contribution in [2.75, 3.05) is 11.5 Å². The van der Waals surface area contributed by atoms with Gasteiger partial charge in [0.15, 0.2) is 19.7 Å². The van der Waals surface area contributed by atoms with E-state index in [0.29, 0.717) is 12.8 Å². The maximum Gasteiger partial charge on any atom is 0.172 e. The van der Waals surface area contributed by atoms with Crippen molar-refractivity contribution >= 4 is 19.7 Å². The zero-order chi connectivity index (χ0) is 11.2. The molecule has 0 spiro atoms. The minimum absolute atomic E-state index is 0.00878. The predicted molar refractivity (Wildman–Crippen MR) is 57.3 cm³/mol. The number of sulfone groups is 2. The summed E-state index contributed by atoms with van der Waals surface area (Å²) < 4.78 is 44.5. The van der Waals surface area contributed by atoms with Crippen LogP contribution in [0.15, 0.2) is 10.8 Å². The summed E-state index contributed by atoms with van der Waals surface area (Å²) in [5, 5.41) is 1.59. The first-order valence-corrected chi connectivity index (χ1v) is 7.89. The molecular formula is C8H16O4S2. The van der Waals surface area contributed by atoms with Crippen LogP contribution in [0, 0.1) is 0 Å². The maximum absolute atomic E-state index is 11.1. The van der Waals surface area contributed by atoms with E-state index in [2.05, 4.69) is 0 Å². The lowest BCUT2D eigenvalue weighted by Crippen LogP contribution is -2.04. The van der Waals surface area contributed by atoms with Crippen LogP contribution >= 0.6 is 0 Å². The fourth-order valence-corrected chi connectivity index (χ4v) is 3.64. The van der Waals surface area contributed by atoms with Crippen molar-refractivity contribution in [3.05, 3.63) is 10.8 Å². The maximum atomic E-state index is 11.1. The molecular weight excluding hydrogens is 224 g/mol. The van der Waals surface area contributed by atoms with Gasteiger partial charge in [-0.2, -0.15) is 0 Å². The van der Waals surface area contributed by atoms with Gasteiger partial charge < -0.3 is 0 Å². The molecule has 0 heterocycles. The van der Waals surface area contributed by atoms with Gasteiger partial charge in [0.25, 0.3) is 0 Å². The van der Waals surface area contributed by atoms with Crippen molar-refractivity contribution < 1.29 is 16.8 Å². The smallest absolute Gasteiger partial charge is 0.172 e. The highest BCUT2D eigenvalue weighted by molar-refractivity contribution is 7.97. The fraction of sp³-hybridized carbons (Fsp3) is 0.750. The van der Waals surface area contributed by atoms with E-state index in [0.717, 1.165) is 10.8 Å². The monoisotopic (exact) mass is 240 g/mol. The van der Waals surface area contributed by atoms with Crippen LogP contribution in [-0.4, -0.2) is 28.3 Å². The molecule has 0 radical (unpaired) electrons. The summed E-state index contributed by atoms with van der Waals surface area (Å²) >= 11 is 0. The van der Waals surface area contributed by atoms with Crippen molar-refractivity contribution in [1.82, 2.24) is 0 Å². The molecule has 0 amide bonds. The summed E-state index contributed by atoms with van der Waals surface area (Å²) in [5.74, 6) is -0.0176. The lowest BCUT2D eigenvalue weighted by atomic mass is 10.6. The van der Waals surface area contributed by atoms with Crippen LogP contribution in [0.3, 0.4) is 0 Å². The first-order chi connectivity index (χ1) is 6.33. The van der Waals surface area contributed by atoms with E-state index < -0.39 is 19.7 Å². The zero-order valence-electron chi connectivity index (χ0n) is 8.43. The van der Waals surface area contributed by atoms with E-state index in [-0.39, 0.29) is 11.5 Å². The first-order valence-electron chi connectivity index (χ1n) is 4.46. The van der Waals surface area contributed by atoms with Crippen molar-refractivity contribution in [1.29, 1.82) is 0 Å². The summed E-state index contributed by atoms with van der Waals surface area (Å²) in [7, 11) is -6.69. The molecule has 0 rings (SSSR count). The van der Waals surface area contributed by atoms with Crippen LogP contribution in [0.1, 0.15) is 26.7 Å². The van der Waals surface area contributed by atoms with Crippen LogP contribution < -0.4 is 0 Å². The molecule has 0 saturated carbocycles. The van der Waals surface area contributed by atoms with Crippen LogP contribution in [0.2, 0.25) is 0 Å². The number of rotatable bonds is 6. The Morgan fingerprint density at radius 2 is 1.07 bits per heavy atom. The van der Waals surface area contributed by atoms with Gasteiger partial charge in [-0.3, -0.25) is 0 Å². The zero-order valence-corrected chi connectivity index (χ0v) is 10.1. The second-order valence-corrected chi connectivity index (χ2v) is 7.02. The van der Waals surface area contributed by atoms with Crippen LogP contribution in [0.5, 0.6) is 0 Å². The lowest BCUT2D eigenvalue weighted by Gasteiger charge is -1.95. The molecule has 0 aromatic rings. The van der Waals surface area contributed by atoms with Gasteiger partial charge in [0.2, 0.25) is 0 Å². The second-order valence-electron chi connectivity index (χ2n) is 3.01. The van der Waals surface area contributed by atoms with Gasteiger partial charge in [-0.1, -0.05) is 13.8 Å². The van der Waals surface area contributed by atoms with E-state index in [9.17, 15) is 16.8 Å². The van der Waals surface area contributed by atoms with E-state index in [1.807, 2.05) is 0 Å². The average molecular weight is 240 g/mol. The Balaban J connectivity index is 4.60. The van der Waals surface area contributed by atoms with Crippen molar-refractivity contribution in [3.63, 3.8) is 0 Å². The van der Waals surface area contributed by atoms with Crippen molar-refractivity contribution in [2.45, 2.75) is 26.7 Å². The molecule has 0 N–H and O–H groups in total. The largest absolute Gasteiger partial charge is 0.224 e. The minimum atomic E-state index is -3.34. The molecule has 0 atom stereocenters. The average Bonchev–Trinajstić information content (AvgIpc) is 2.01. The van der Waals surface area contributed by atoms with E-state index in [1.54, 1.807) is 13.8 Å². The van der Waals surface area contributed by atoms with Crippen LogP contribution in [0.25, 0.3) is 0 Å². The predicted octanol–water partition coefficient (Wildman–Crippen LogP) is 1.11. The van der Waals surface area contributed by atoms with Gasteiger partial charge in [0.05, 0.1) is 11.5 Å². The molecule has 4 nitrogen and oxygen atoms in total. The molecule has 0 aliphatic heterocycles. The SMILES string of the molecule is CCCS(=O)(=O)C=CS(=O)(=O)CCC. The number of hydrogen-bond donors (Lipinski definition) is 0. The third-order valence-electron chi connectivity index (χ3n) is 1.45.